The maximum absolute atomic E-state index is 12.8. The number of amides is 1. The normalized spacial score (nSPS) is 17.6. The molecule has 0 spiro atoms. The first-order valence-electron chi connectivity index (χ1n) is 8.94. The van der Waals surface area contributed by atoms with Crippen molar-refractivity contribution in [2.75, 3.05) is 33.3 Å². The first kappa shape index (κ1) is 19.4. The van der Waals surface area contributed by atoms with E-state index in [1.807, 2.05) is 48.3 Å². The van der Waals surface area contributed by atoms with Crippen LogP contribution in [0.25, 0.3) is 11.1 Å². The second-order valence-electron chi connectivity index (χ2n) is 6.78. The van der Waals surface area contributed by atoms with Gasteiger partial charge in [-0.1, -0.05) is 29.8 Å². The van der Waals surface area contributed by atoms with Crippen LogP contribution >= 0.6 is 11.6 Å². The summed E-state index contributed by atoms with van der Waals surface area (Å²) in [5.74, 6) is 0.00968. The van der Waals surface area contributed by atoms with Crippen LogP contribution in [-0.2, 0) is 0 Å². The van der Waals surface area contributed by atoms with Gasteiger partial charge in [0.1, 0.15) is 6.07 Å². The fourth-order valence-corrected chi connectivity index (χ4v) is 3.59. The Morgan fingerprint density at radius 1 is 1.22 bits per heavy atom. The number of carbonyl (C=O) groups excluding carboxylic acids is 1. The van der Waals surface area contributed by atoms with Crippen LogP contribution in [0.4, 0.5) is 0 Å². The molecule has 1 N–H and O–H groups in total. The van der Waals surface area contributed by atoms with Gasteiger partial charge in [-0.05, 0) is 48.9 Å². The van der Waals surface area contributed by atoms with Gasteiger partial charge in [0.05, 0.1) is 10.6 Å². The van der Waals surface area contributed by atoms with E-state index in [1.165, 1.54) is 0 Å². The van der Waals surface area contributed by atoms with Crippen molar-refractivity contribution < 1.29 is 9.90 Å². The number of hydrogen-bond donors (Lipinski definition) is 1. The predicted molar refractivity (Wildman–Crippen MR) is 106 cm³/mol. The van der Waals surface area contributed by atoms with E-state index in [9.17, 15) is 9.90 Å². The van der Waals surface area contributed by atoms with Gasteiger partial charge in [-0.2, -0.15) is 5.26 Å². The molecule has 5 nitrogen and oxygen atoms in total. The highest BCUT2D eigenvalue weighted by Crippen LogP contribution is 2.26. The molecule has 1 saturated heterocycles. The molecular weight excluding hydrogens is 362 g/mol. The molecule has 140 valence electrons. The Kier molecular flexibility index (Phi) is 6.12. The number of aliphatic hydroxyl groups is 1. The Bertz CT molecular complexity index is 861. The lowest BCUT2D eigenvalue weighted by Gasteiger charge is -2.39. The summed E-state index contributed by atoms with van der Waals surface area (Å²) >= 11 is 6.11. The number of nitrogens with zero attached hydrogens (tertiary/aromatic N) is 3. The van der Waals surface area contributed by atoms with Crippen LogP contribution in [-0.4, -0.2) is 60.1 Å². The number of hydrogen-bond acceptors (Lipinski definition) is 4. The van der Waals surface area contributed by atoms with E-state index in [1.54, 1.807) is 12.1 Å². The minimum Gasteiger partial charge on any atom is -0.396 e. The fraction of sp³-hybridized carbons (Fsp3) is 0.333. The van der Waals surface area contributed by atoms with E-state index in [0.717, 1.165) is 17.7 Å². The predicted octanol–water partition coefficient (Wildman–Crippen LogP) is 3.02. The third-order valence-corrected chi connectivity index (χ3v) is 5.39. The molecule has 0 saturated carbocycles. The molecule has 3 rings (SSSR count). The van der Waals surface area contributed by atoms with E-state index < -0.39 is 0 Å². The van der Waals surface area contributed by atoms with E-state index in [0.29, 0.717) is 35.7 Å². The minimum atomic E-state index is 0.00968. The minimum absolute atomic E-state index is 0.00968. The number of benzene rings is 2. The van der Waals surface area contributed by atoms with Crippen molar-refractivity contribution in [1.29, 1.82) is 5.26 Å². The van der Waals surface area contributed by atoms with Crippen LogP contribution in [0.5, 0.6) is 0 Å². The summed E-state index contributed by atoms with van der Waals surface area (Å²) in [7, 11) is 2.03. The summed E-state index contributed by atoms with van der Waals surface area (Å²) in [5.41, 5.74) is 2.93. The molecule has 1 heterocycles. The Morgan fingerprint density at radius 3 is 2.56 bits per heavy atom. The number of nitriles is 1. The number of rotatable bonds is 4. The number of halogens is 1. The quantitative estimate of drug-likeness (QED) is 0.881. The van der Waals surface area contributed by atoms with E-state index in [4.69, 9.17) is 16.9 Å². The maximum Gasteiger partial charge on any atom is 0.253 e. The van der Waals surface area contributed by atoms with Crippen LogP contribution < -0.4 is 0 Å². The molecule has 0 aromatic heterocycles. The third-order valence-electron chi connectivity index (χ3n) is 5.08. The van der Waals surface area contributed by atoms with Gasteiger partial charge in [0.25, 0.3) is 5.91 Å². The Morgan fingerprint density at radius 2 is 1.93 bits per heavy atom. The van der Waals surface area contributed by atoms with Crippen LogP contribution in [0.2, 0.25) is 5.02 Å². The molecule has 1 aliphatic rings. The van der Waals surface area contributed by atoms with Crippen LogP contribution in [0.15, 0.2) is 42.5 Å². The Hall–Kier alpha value is -2.39. The summed E-state index contributed by atoms with van der Waals surface area (Å²) in [5, 5.41) is 18.6. The highest BCUT2D eigenvalue weighted by atomic mass is 35.5. The molecule has 1 amide bonds. The average molecular weight is 384 g/mol. The topological polar surface area (TPSA) is 67.6 Å². The summed E-state index contributed by atoms with van der Waals surface area (Å²) in [6.07, 6.45) is 0.665. The monoisotopic (exact) mass is 383 g/mol. The molecule has 2 aromatic carbocycles. The van der Waals surface area contributed by atoms with Gasteiger partial charge in [-0.15, -0.1) is 0 Å². The van der Waals surface area contributed by atoms with Crippen LogP contribution in [0.1, 0.15) is 22.3 Å². The molecule has 0 bridgehead atoms. The van der Waals surface area contributed by atoms with Gasteiger partial charge in [-0.3, -0.25) is 9.69 Å². The van der Waals surface area contributed by atoms with Crippen LogP contribution in [0.3, 0.4) is 0 Å². The van der Waals surface area contributed by atoms with Crippen molar-refractivity contribution in [2.45, 2.75) is 12.5 Å². The molecule has 0 aliphatic carbocycles. The summed E-state index contributed by atoms with van der Waals surface area (Å²) in [6.45, 7) is 2.24. The molecule has 1 atom stereocenters. The molecule has 0 radical (unpaired) electrons. The van der Waals surface area contributed by atoms with Gasteiger partial charge in [0.15, 0.2) is 0 Å². The second kappa shape index (κ2) is 8.53. The lowest BCUT2D eigenvalue weighted by Crippen LogP contribution is -2.53. The smallest absolute Gasteiger partial charge is 0.253 e. The molecule has 1 fully saturated rings. The van der Waals surface area contributed by atoms with Crippen molar-refractivity contribution in [3.8, 4) is 17.2 Å². The number of carbonyl (C=O) groups is 1. The van der Waals surface area contributed by atoms with Crippen molar-refractivity contribution in [1.82, 2.24) is 9.80 Å². The van der Waals surface area contributed by atoms with Gasteiger partial charge >= 0.3 is 0 Å². The molecule has 2 aromatic rings. The first-order valence-corrected chi connectivity index (χ1v) is 9.31. The van der Waals surface area contributed by atoms with Crippen molar-refractivity contribution >= 4 is 17.5 Å². The summed E-state index contributed by atoms with van der Waals surface area (Å²) in [6, 6.07) is 15.0. The lowest BCUT2D eigenvalue weighted by atomic mass is 10.0. The van der Waals surface area contributed by atoms with Crippen molar-refractivity contribution in [3.63, 3.8) is 0 Å². The van der Waals surface area contributed by atoms with E-state index >= 15 is 0 Å². The highest BCUT2D eigenvalue weighted by molar-refractivity contribution is 6.32. The highest BCUT2D eigenvalue weighted by Gasteiger charge is 2.27. The SMILES string of the molecule is CN1CCN(C(=O)c2ccc(-c3ccc(C#N)c(Cl)c3)cc2)C[C@@H]1CCO. The Labute approximate surface area is 164 Å². The molecule has 1 aliphatic heterocycles. The maximum atomic E-state index is 12.8. The van der Waals surface area contributed by atoms with Crippen LogP contribution in [0, 0.1) is 11.3 Å². The third kappa shape index (κ3) is 4.30. The van der Waals surface area contributed by atoms with Gasteiger partial charge < -0.3 is 10.0 Å². The van der Waals surface area contributed by atoms with Gasteiger partial charge in [0.2, 0.25) is 0 Å². The van der Waals surface area contributed by atoms with Crippen molar-refractivity contribution in [3.05, 3.63) is 58.6 Å². The molecular formula is C21H22ClN3O2. The molecule has 0 unspecified atom stereocenters. The number of aliphatic hydroxyl groups excluding tert-OH is 1. The zero-order chi connectivity index (χ0) is 19.4. The van der Waals surface area contributed by atoms with E-state index in [-0.39, 0.29) is 18.6 Å². The summed E-state index contributed by atoms with van der Waals surface area (Å²) in [4.78, 5) is 16.9. The van der Waals surface area contributed by atoms with Gasteiger partial charge in [-0.25, -0.2) is 0 Å². The largest absolute Gasteiger partial charge is 0.396 e. The number of piperazine rings is 1. The number of likely N-dealkylation sites (N-methyl/N-ethyl adjacent to an activating group) is 1. The first-order chi connectivity index (χ1) is 13.0. The van der Waals surface area contributed by atoms with E-state index in [2.05, 4.69) is 4.90 Å². The molecule has 6 heteroatoms. The molecule has 27 heavy (non-hydrogen) atoms. The second-order valence-corrected chi connectivity index (χ2v) is 7.19. The fourth-order valence-electron chi connectivity index (χ4n) is 3.36. The lowest BCUT2D eigenvalue weighted by molar-refractivity contribution is 0.0500. The standard InChI is InChI=1S/C21H22ClN3O2/c1-24-9-10-25(14-19(24)8-11-26)21(27)16-4-2-15(3-5-16)17-6-7-18(13-23)20(22)12-17/h2-7,12,19,26H,8-11,14H2,1H3/t19-/m0/s1. The Balaban J connectivity index is 1.74. The summed E-state index contributed by atoms with van der Waals surface area (Å²) < 4.78 is 0. The zero-order valence-corrected chi connectivity index (χ0v) is 16.0. The average Bonchev–Trinajstić information content (AvgIpc) is 2.69. The van der Waals surface area contributed by atoms with Crippen molar-refractivity contribution in [2.24, 2.45) is 0 Å². The zero-order valence-electron chi connectivity index (χ0n) is 15.2. The van der Waals surface area contributed by atoms with Gasteiger partial charge in [0, 0.05) is 37.8 Å².